The van der Waals surface area contributed by atoms with Crippen molar-refractivity contribution in [2.24, 2.45) is 0 Å². The van der Waals surface area contributed by atoms with E-state index in [2.05, 4.69) is 27.7 Å². The number of fused-ring (bicyclic) bond motifs is 1. The minimum absolute atomic E-state index is 0.00298. The molecule has 0 heterocycles. The van der Waals surface area contributed by atoms with Gasteiger partial charge in [0, 0.05) is 5.46 Å². The third-order valence-electron chi connectivity index (χ3n) is 5.81. The summed E-state index contributed by atoms with van der Waals surface area (Å²) < 4.78 is 11.2. The van der Waals surface area contributed by atoms with Crippen LogP contribution in [-0.2, 0) is 17.4 Å². The minimum atomic E-state index is -1.57. The van der Waals surface area contributed by atoms with Crippen LogP contribution in [0.2, 0.25) is 0 Å². The largest absolute Gasteiger partial charge is 0.497 e. The summed E-state index contributed by atoms with van der Waals surface area (Å²) in [4.78, 5) is 0. The van der Waals surface area contributed by atoms with Gasteiger partial charge in [0.15, 0.2) is 0 Å². The molecule has 0 spiro atoms. The molecule has 0 radical (unpaired) electrons. The van der Waals surface area contributed by atoms with E-state index >= 15 is 0 Å². The first-order chi connectivity index (χ1) is 12.6. The predicted octanol–water partition coefficient (Wildman–Crippen LogP) is 3.30. The second-order valence-electron chi connectivity index (χ2n) is 8.71. The Bertz CT molecular complexity index is 810. The fourth-order valence-electron chi connectivity index (χ4n) is 3.82. The van der Waals surface area contributed by atoms with Crippen LogP contribution in [-0.4, -0.2) is 24.3 Å². The first kappa shape index (κ1) is 19.8. The van der Waals surface area contributed by atoms with Gasteiger partial charge >= 0.3 is 7.12 Å². The standard InChI is InChI=1S/C22H29BO4/c1-21(2)10-11-22(3,4)18-13-20(19(23(24)25)12-17(18)21)27-14-15-6-8-16(26-5)9-7-15/h6-9,12-13,24-25H,10-11,14H2,1-5H3. The highest BCUT2D eigenvalue weighted by Crippen LogP contribution is 2.46. The molecule has 0 saturated heterocycles. The Morgan fingerprint density at radius 3 is 2.00 bits per heavy atom. The maximum absolute atomic E-state index is 9.93. The number of rotatable bonds is 5. The Hall–Kier alpha value is -1.98. The second-order valence-corrected chi connectivity index (χ2v) is 8.71. The molecule has 0 amide bonds. The molecule has 0 aromatic heterocycles. The van der Waals surface area contributed by atoms with Gasteiger partial charge in [0.2, 0.25) is 0 Å². The van der Waals surface area contributed by atoms with E-state index in [4.69, 9.17) is 9.47 Å². The van der Waals surface area contributed by atoms with Gasteiger partial charge in [0.1, 0.15) is 18.1 Å². The van der Waals surface area contributed by atoms with Gasteiger partial charge in [-0.3, -0.25) is 0 Å². The van der Waals surface area contributed by atoms with Crippen LogP contribution < -0.4 is 14.9 Å². The quantitative estimate of drug-likeness (QED) is 0.795. The summed E-state index contributed by atoms with van der Waals surface area (Å²) >= 11 is 0. The van der Waals surface area contributed by atoms with E-state index in [1.807, 2.05) is 36.4 Å². The van der Waals surface area contributed by atoms with Gasteiger partial charge in [-0.05, 0) is 58.6 Å². The van der Waals surface area contributed by atoms with E-state index in [-0.39, 0.29) is 10.8 Å². The summed E-state index contributed by atoms with van der Waals surface area (Å²) in [7, 11) is 0.0681. The average Bonchev–Trinajstić information content (AvgIpc) is 2.63. The molecule has 1 aliphatic carbocycles. The van der Waals surface area contributed by atoms with Crippen LogP contribution in [0.25, 0.3) is 0 Å². The molecule has 0 aliphatic heterocycles. The van der Waals surface area contributed by atoms with Crippen LogP contribution in [0.5, 0.6) is 11.5 Å². The van der Waals surface area contributed by atoms with Crippen molar-refractivity contribution in [2.45, 2.75) is 58.0 Å². The maximum atomic E-state index is 9.93. The highest BCUT2D eigenvalue weighted by Gasteiger charge is 2.38. The molecule has 3 rings (SSSR count). The molecule has 27 heavy (non-hydrogen) atoms. The predicted molar refractivity (Wildman–Crippen MR) is 109 cm³/mol. The van der Waals surface area contributed by atoms with Crippen LogP contribution in [0.3, 0.4) is 0 Å². The third kappa shape index (κ3) is 3.99. The lowest BCUT2D eigenvalue weighted by Gasteiger charge is -2.42. The molecule has 1 aliphatic rings. The molecular formula is C22H29BO4. The number of benzene rings is 2. The zero-order valence-electron chi connectivity index (χ0n) is 16.9. The van der Waals surface area contributed by atoms with Crippen LogP contribution >= 0.6 is 0 Å². The summed E-state index contributed by atoms with van der Waals surface area (Å²) in [5.41, 5.74) is 3.86. The lowest BCUT2D eigenvalue weighted by Crippen LogP contribution is -2.38. The molecular weight excluding hydrogens is 339 g/mol. The van der Waals surface area contributed by atoms with Gasteiger partial charge in [-0.2, -0.15) is 0 Å². The fourth-order valence-corrected chi connectivity index (χ4v) is 3.82. The molecule has 0 unspecified atom stereocenters. The molecule has 2 aromatic carbocycles. The van der Waals surface area contributed by atoms with E-state index < -0.39 is 7.12 Å². The molecule has 0 fully saturated rings. The number of hydrogen-bond acceptors (Lipinski definition) is 4. The molecule has 4 nitrogen and oxygen atoms in total. The van der Waals surface area contributed by atoms with Gasteiger partial charge < -0.3 is 19.5 Å². The van der Waals surface area contributed by atoms with E-state index in [0.717, 1.165) is 24.2 Å². The Morgan fingerprint density at radius 1 is 0.926 bits per heavy atom. The SMILES string of the molecule is COc1ccc(COc2cc3c(cc2B(O)O)C(C)(C)CCC3(C)C)cc1. The van der Waals surface area contributed by atoms with Crippen molar-refractivity contribution in [3.8, 4) is 11.5 Å². The van der Waals surface area contributed by atoms with Crippen LogP contribution in [0.1, 0.15) is 57.2 Å². The molecule has 0 atom stereocenters. The summed E-state index contributed by atoms with van der Waals surface area (Å²) in [6, 6.07) is 11.6. The first-order valence-corrected chi connectivity index (χ1v) is 9.45. The van der Waals surface area contributed by atoms with E-state index in [9.17, 15) is 10.0 Å². The van der Waals surface area contributed by atoms with E-state index in [1.165, 1.54) is 11.1 Å². The van der Waals surface area contributed by atoms with Crippen molar-refractivity contribution in [3.05, 3.63) is 53.1 Å². The van der Waals surface area contributed by atoms with Crippen LogP contribution in [0.15, 0.2) is 36.4 Å². The van der Waals surface area contributed by atoms with Crippen molar-refractivity contribution in [3.63, 3.8) is 0 Å². The van der Waals surface area contributed by atoms with Gasteiger partial charge in [0.05, 0.1) is 7.11 Å². The number of methoxy groups -OCH3 is 1. The summed E-state index contributed by atoms with van der Waals surface area (Å²) in [6.45, 7) is 9.26. The second kappa shape index (κ2) is 7.21. The smallest absolute Gasteiger partial charge is 0.492 e. The Kier molecular flexibility index (Phi) is 5.28. The molecule has 2 N–H and O–H groups in total. The highest BCUT2D eigenvalue weighted by molar-refractivity contribution is 6.59. The minimum Gasteiger partial charge on any atom is -0.497 e. The lowest BCUT2D eigenvalue weighted by molar-refractivity contribution is 0.299. The highest BCUT2D eigenvalue weighted by atomic mass is 16.5. The molecule has 144 valence electrons. The summed E-state index contributed by atoms with van der Waals surface area (Å²) in [5.74, 6) is 1.33. The fraction of sp³-hybridized carbons (Fsp3) is 0.455. The van der Waals surface area contributed by atoms with Crippen molar-refractivity contribution in [2.75, 3.05) is 7.11 Å². The van der Waals surface area contributed by atoms with Crippen molar-refractivity contribution < 1.29 is 19.5 Å². The summed E-state index contributed by atoms with van der Waals surface area (Å²) in [6.07, 6.45) is 2.16. The van der Waals surface area contributed by atoms with Crippen molar-refractivity contribution in [1.29, 1.82) is 0 Å². The first-order valence-electron chi connectivity index (χ1n) is 9.45. The molecule has 0 bridgehead atoms. The Morgan fingerprint density at radius 2 is 1.48 bits per heavy atom. The Labute approximate surface area is 162 Å². The van der Waals surface area contributed by atoms with E-state index in [0.29, 0.717) is 17.8 Å². The topological polar surface area (TPSA) is 58.9 Å². The van der Waals surface area contributed by atoms with Crippen molar-refractivity contribution in [1.82, 2.24) is 0 Å². The van der Waals surface area contributed by atoms with Crippen molar-refractivity contribution >= 4 is 12.6 Å². The van der Waals surface area contributed by atoms with Gasteiger partial charge in [-0.1, -0.05) is 45.9 Å². The van der Waals surface area contributed by atoms with Crippen LogP contribution in [0, 0.1) is 0 Å². The average molecular weight is 368 g/mol. The third-order valence-corrected chi connectivity index (χ3v) is 5.81. The zero-order chi connectivity index (χ0) is 19.8. The van der Waals surface area contributed by atoms with Gasteiger partial charge in [0.25, 0.3) is 0 Å². The number of ether oxygens (including phenoxy) is 2. The molecule has 2 aromatic rings. The number of hydrogen-bond donors (Lipinski definition) is 2. The van der Waals surface area contributed by atoms with E-state index in [1.54, 1.807) is 7.11 Å². The normalized spacial score (nSPS) is 17.1. The maximum Gasteiger partial charge on any atom is 0.492 e. The monoisotopic (exact) mass is 368 g/mol. The van der Waals surface area contributed by atoms with Crippen LogP contribution in [0.4, 0.5) is 0 Å². The van der Waals surface area contributed by atoms with Gasteiger partial charge in [-0.25, -0.2) is 0 Å². The molecule has 5 heteroatoms. The zero-order valence-corrected chi connectivity index (χ0v) is 16.9. The molecule has 0 saturated carbocycles. The Balaban J connectivity index is 1.96. The summed E-state index contributed by atoms with van der Waals surface area (Å²) in [5, 5.41) is 19.9. The van der Waals surface area contributed by atoms with Gasteiger partial charge in [-0.15, -0.1) is 0 Å². The lowest BCUT2D eigenvalue weighted by atomic mass is 9.61.